The topological polar surface area (TPSA) is 32.3 Å². The zero-order chi connectivity index (χ0) is 15.7. The molecule has 5 heteroatoms. The number of nitrogens with one attached hydrogen (secondary N) is 1. The van der Waals surface area contributed by atoms with Crippen molar-refractivity contribution >= 4 is 23.2 Å². The van der Waals surface area contributed by atoms with Gasteiger partial charge in [0.1, 0.15) is 12.0 Å². The summed E-state index contributed by atoms with van der Waals surface area (Å²) in [6.07, 6.45) is 0.934. The third kappa shape index (κ3) is 2.35. The minimum Gasteiger partial charge on any atom is -0.361 e. The van der Waals surface area contributed by atoms with E-state index in [-0.39, 0.29) is 23.0 Å². The van der Waals surface area contributed by atoms with Crippen molar-refractivity contribution in [3.63, 3.8) is 0 Å². The predicted octanol–water partition coefficient (Wildman–Crippen LogP) is 4.23. The van der Waals surface area contributed by atoms with Crippen molar-refractivity contribution in [2.75, 3.05) is 11.9 Å². The van der Waals surface area contributed by atoms with Crippen LogP contribution in [0, 0.1) is 5.82 Å². The molecule has 1 unspecified atom stereocenters. The average molecular weight is 317 g/mol. The lowest BCUT2D eigenvalue weighted by Gasteiger charge is -2.38. The van der Waals surface area contributed by atoms with Gasteiger partial charge in [0.15, 0.2) is 0 Å². The maximum Gasteiger partial charge on any atom is 0.258 e. The van der Waals surface area contributed by atoms with E-state index in [2.05, 4.69) is 11.9 Å². The zero-order valence-corrected chi connectivity index (χ0v) is 12.5. The number of nitrogens with zero attached hydrogens (tertiary/aromatic N) is 1. The van der Waals surface area contributed by atoms with Crippen molar-refractivity contribution < 1.29 is 9.18 Å². The van der Waals surface area contributed by atoms with Gasteiger partial charge >= 0.3 is 0 Å². The van der Waals surface area contributed by atoms with E-state index in [1.54, 1.807) is 30.3 Å². The Kier molecular flexibility index (Phi) is 3.86. The molecule has 2 aromatic carbocycles. The van der Waals surface area contributed by atoms with Crippen LogP contribution in [0.2, 0.25) is 5.02 Å². The van der Waals surface area contributed by atoms with E-state index in [0.29, 0.717) is 11.3 Å². The Hall–Kier alpha value is -2.33. The normalized spacial score (nSPS) is 16.9. The molecule has 0 aliphatic carbocycles. The third-order valence-corrected chi connectivity index (χ3v) is 3.95. The number of halogens is 2. The van der Waals surface area contributed by atoms with Crippen molar-refractivity contribution in [2.24, 2.45) is 0 Å². The van der Waals surface area contributed by atoms with Crippen LogP contribution in [0.5, 0.6) is 0 Å². The molecule has 3 nitrogen and oxygen atoms in total. The molecule has 0 aromatic heterocycles. The molecule has 1 atom stereocenters. The summed E-state index contributed by atoms with van der Waals surface area (Å²) < 4.78 is 14.3. The van der Waals surface area contributed by atoms with Crippen LogP contribution in [-0.4, -0.2) is 17.4 Å². The third-order valence-electron chi connectivity index (χ3n) is 3.62. The minimum absolute atomic E-state index is 0.182. The lowest BCUT2D eigenvalue weighted by molar-refractivity contribution is 0.0705. The predicted molar refractivity (Wildman–Crippen MR) is 85.4 cm³/mol. The van der Waals surface area contributed by atoms with Gasteiger partial charge in [-0.3, -0.25) is 4.79 Å². The molecule has 3 rings (SSSR count). The zero-order valence-electron chi connectivity index (χ0n) is 11.7. The van der Waals surface area contributed by atoms with Crippen molar-refractivity contribution in [3.8, 4) is 0 Å². The van der Waals surface area contributed by atoms with Crippen LogP contribution in [-0.2, 0) is 0 Å². The molecule has 1 amide bonds. The van der Waals surface area contributed by atoms with Crippen LogP contribution in [0.15, 0.2) is 55.1 Å². The fourth-order valence-corrected chi connectivity index (χ4v) is 2.89. The van der Waals surface area contributed by atoms with E-state index in [0.717, 1.165) is 0 Å². The number of hydrogen-bond donors (Lipinski definition) is 1. The second kappa shape index (κ2) is 5.81. The summed E-state index contributed by atoms with van der Waals surface area (Å²) >= 11 is 6.16. The summed E-state index contributed by atoms with van der Waals surface area (Å²) in [6.45, 7) is 3.96. The van der Waals surface area contributed by atoms with E-state index in [1.165, 1.54) is 17.0 Å². The first-order valence-corrected chi connectivity index (χ1v) is 7.22. The van der Waals surface area contributed by atoms with E-state index in [4.69, 9.17) is 11.6 Å². The Morgan fingerprint density at radius 3 is 2.77 bits per heavy atom. The number of anilines is 1. The van der Waals surface area contributed by atoms with Crippen LogP contribution >= 0.6 is 11.6 Å². The summed E-state index contributed by atoms with van der Waals surface area (Å²) in [5.74, 6) is -0.634. The number of para-hydroxylation sites is 1. The molecule has 0 spiro atoms. The fourth-order valence-electron chi connectivity index (χ4n) is 2.62. The lowest BCUT2D eigenvalue weighted by Crippen LogP contribution is -2.43. The Balaban J connectivity index is 2.14. The van der Waals surface area contributed by atoms with Gasteiger partial charge in [-0.15, -0.1) is 6.58 Å². The fraction of sp³-hybridized carbons (Fsp3) is 0.118. The molecule has 0 fully saturated rings. The highest BCUT2D eigenvalue weighted by molar-refractivity contribution is 6.31. The molecule has 1 N–H and O–H groups in total. The van der Waals surface area contributed by atoms with Gasteiger partial charge in [0, 0.05) is 17.8 Å². The molecule has 1 aliphatic heterocycles. The highest BCUT2D eigenvalue weighted by atomic mass is 35.5. The molecular weight excluding hydrogens is 303 g/mol. The SMILES string of the molecule is C=CCN1C(=O)c2ccccc2NC1c1c(F)cccc1Cl. The van der Waals surface area contributed by atoms with Crippen LogP contribution in [0.25, 0.3) is 0 Å². The van der Waals surface area contributed by atoms with Gasteiger partial charge in [-0.05, 0) is 24.3 Å². The van der Waals surface area contributed by atoms with E-state index in [9.17, 15) is 9.18 Å². The van der Waals surface area contributed by atoms with Crippen molar-refractivity contribution in [1.29, 1.82) is 0 Å². The smallest absolute Gasteiger partial charge is 0.258 e. The quantitative estimate of drug-likeness (QED) is 0.859. The van der Waals surface area contributed by atoms with Gasteiger partial charge in [0.25, 0.3) is 5.91 Å². The Bertz CT molecular complexity index is 727. The summed E-state index contributed by atoms with van der Waals surface area (Å²) in [5, 5.41) is 3.47. The number of amides is 1. The molecule has 1 aliphatic rings. The van der Waals surface area contributed by atoms with E-state index >= 15 is 0 Å². The van der Waals surface area contributed by atoms with Gasteiger partial charge in [0.05, 0.1) is 10.6 Å². The standard InChI is InChI=1S/C17H14ClFN2O/c1-2-10-21-16(15-12(18)7-5-8-13(15)19)20-14-9-4-3-6-11(14)17(21)22/h2-9,16,20H,1,10H2. The second-order valence-corrected chi connectivity index (χ2v) is 5.38. The highest BCUT2D eigenvalue weighted by Crippen LogP contribution is 2.36. The number of hydrogen-bond acceptors (Lipinski definition) is 2. The summed E-state index contributed by atoms with van der Waals surface area (Å²) in [7, 11) is 0. The Labute approximate surface area is 133 Å². The van der Waals surface area contributed by atoms with Gasteiger partial charge in [-0.25, -0.2) is 4.39 Å². The number of fused-ring (bicyclic) bond motifs is 1. The van der Waals surface area contributed by atoms with Gasteiger partial charge in [-0.2, -0.15) is 0 Å². The number of rotatable bonds is 3. The maximum absolute atomic E-state index is 14.3. The Morgan fingerprint density at radius 1 is 1.27 bits per heavy atom. The molecule has 0 saturated carbocycles. The van der Waals surface area contributed by atoms with Crippen molar-refractivity contribution in [1.82, 2.24) is 4.90 Å². The number of carbonyl (C=O) groups excluding carboxylic acids is 1. The molecule has 0 saturated heterocycles. The molecule has 22 heavy (non-hydrogen) atoms. The molecule has 0 bridgehead atoms. The largest absolute Gasteiger partial charge is 0.361 e. The highest BCUT2D eigenvalue weighted by Gasteiger charge is 2.34. The molecule has 112 valence electrons. The summed E-state index contributed by atoms with van der Waals surface area (Å²) in [5.41, 5.74) is 1.47. The van der Waals surface area contributed by atoms with Crippen LogP contribution < -0.4 is 5.32 Å². The number of benzene rings is 2. The second-order valence-electron chi connectivity index (χ2n) is 4.97. The first-order valence-electron chi connectivity index (χ1n) is 6.85. The monoisotopic (exact) mass is 316 g/mol. The van der Waals surface area contributed by atoms with E-state index in [1.807, 2.05) is 6.07 Å². The summed E-state index contributed by atoms with van der Waals surface area (Å²) in [4.78, 5) is 14.2. The molecular formula is C17H14ClFN2O. The molecule has 0 radical (unpaired) electrons. The van der Waals surface area contributed by atoms with Gasteiger partial charge < -0.3 is 10.2 Å². The minimum atomic E-state index is -0.672. The van der Waals surface area contributed by atoms with E-state index < -0.39 is 12.0 Å². The maximum atomic E-state index is 14.3. The van der Waals surface area contributed by atoms with Gasteiger partial charge in [0.2, 0.25) is 0 Å². The van der Waals surface area contributed by atoms with Crippen LogP contribution in [0.3, 0.4) is 0 Å². The first-order chi connectivity index (χ1) is 10.6. The summed E-state index contributed by atoms with van der Waals surface area (Å²) in [6, 6.07) is 11.6. The van der Waals surface area contributed by atoms with Gasteiger partial charge in [-0.1, -0.05) is 35.9 Å². The lowest BCUT2D eigenvalue weighted by atomic mass is 10.0. The van der Waals surface area contributed by atoms with Crippen LogP contribution in [0.1, 0.15) is 22.1 Å². The van der Waals surface area contributed by atoms with Crippen molar-refractivity contribution in [2.45, 2.75) is 6.17 Å². The molecule has 1 heterocycles. The van der Waals surface area contributed by atoms with Crippen LogP contribution in [0.4, 0.5) is 10.1 Å². The van der Waals surface area contributed by atoms with Crippen molar-refractivity contribution in [3.05, 3.63) is 77.1 Å². The average Bonchev–Trinajstić information content (AvgIpc) is 2.51. The number of carbonyl (C=O) groups is 1. The molecule has 2 aromatic rings. The first kappa shape index (κ1) is 14.6. The Morgan fingerprint density at radius 2 is 2.05 bits per heavy atom.